The molecular formula is C21H26N4O2S. The van der Waals surface area contributed by atoms with Crippen LogP contribution in [-0.2, 0) is 9.53 Å². The van der Waals surface area contributed by atoms with E-state index in [9.17, 15) is 4.79 Å². The summed E-state index contributed by atoms with van der Waals surface area (Å²) in [6.45, 7) is 4.78. The van der Waals surface area contributed by atoms with Gasteiger partial charge in [-0.05, 0) is 37.7 Å². The molecule has 1 unspecified atom stereocenters. The third kappa shape index (κ3) is 3.78. The van der Waals surface area contributed by atoms with Gasteiger partial charge in [0, 0.05) is 36.5 Å². The van der Waals surface area contributed by atoms with E-state index >= 15 is 0 Å². The van der Waals surface area contributed by atoms with Crippen LogP contribution in [0.4, 0.5) is 5.13 Å². The summed E-state index contributed by atoms with van der Waals surface area (Å²) in [7, 11) is 0. The highest BCUT2D eigenvalue weighted by atomic mass is 32.1. The van der Waals surface area contributed by atoms with Gasteiger partial charge < -0.3 is 15.0 Å². The van der Waals surface area contributed by atoms with Crippen LogP contribution in [0.2, 0.25) is 0 Å². The van der Waals surface area contributed by atoms with Crippen molar-refractivity contribution < 1.29 is 9.53 Å². The zero-order valence-corrected chi connectivity index (χ0v) is 17.0. The molecule has 0 bridgehead atoms. The molecule has 1 saturated heterocycles. The molecule has 1 amide bonds. The number of nitrogens with zero attached hydrogens (tertiary/aromatic N) is 3. The summed E-state index contributed by atoms with van der Waals surface area (Å²) in [6.07, 6.45) is 3.37. The van der Waals surface area contributed by atoms with Crippen molar-refractivity contribution in [3.05, 3.63) is 41.7 Å². The number of ether oxygens (including phenoxy) is 1. The zero-order valence-electron chi connectivity index (χ0n) is 16.1. The van der Waals surface area contributed by atoms with Crippen molar-refractivity contribution in [2.75, 3.05) is 31.1 Å². The van der Waals surface area contributed by atoms with Crippen LogP contribution in [-0.4, -0.2) is 47.1 Å². The van der Waals surface area contributed by atoms with Crippen molar-refractivity contribution in [2.45, 2.75) is 43.6 Å². The fourth-order valence-electron chi connectivity index (χ4n) is 4.02. The van der Waals surface area contributed by atoms with Crippen molar-refractivity contribution in [2.24, 2.45) is 5.92 Å². The second-order valence-electron chi connectivity index (χ2n) is 8.51. The molecule has 148 valence electrons. The van der Waals surface area contributed by atoms with Gasteiger partial charge in [-0.1, -0.05) is 30.3 Å². The number of morpholine rings is 1. The van der Waals surface area contributed by atoms with E-state index in [1.165, 1.54) is 29.9 Å². The molecular weight excluding hydrogens is 372 g/mol. The van der Waals surface area contributed by atoms with E-state index in [1.807, 2.05) is 18.2 Å². The maximum absolute atomic E-state index is 12.6. The van der Waals surface area contributed by atoms with Gasteiger partial charge >= 0.3 is 0 Å². The largest absolute Gasteiger partial charge is 0.370 e. The Morgan fingerprint density at radius 3 is 2.96 bits per heavy atom. The minimum absolute atomic E-state index is 0.0926. The molecule has 1 aromatic heterocycles. The van der Waals surface area contributed by atoms with E-state index in [0.29, 0.717) is 25.0 Å². The third-order valence-corrected chi connectivity index (χ3v) is 6.76. The number of benzene rings is 1. The van der Waals surface area contributed by atoms with Crippen LogP contribution in [0.25, 0.3) is 0 Å². The number of rotatable bonds is 6. The van der Waals surface area contributed by atoms with Crippen LogP contribution in [0, 0.1) is 5.92 Å². The summed E-state index contributed by atoms with van der Waals surface area (Å²) < 4.78 is 10.6. The molecule has 3 aliphatic rings. The SMILES string of the molecule is CC1(CNC(=O)[C@@H]2C[C@H]2c2ccccc2)CN(c2nc(C3CC3)ns2)CCO1. The van der Waals surface area contributed by atoms with Crippen LogP contribution in [0.5, 0.6) is 0 Å². The molecule has 2 heterocycles. The molecule has 2 aliphatic carbocycles. The molecule has 6 nitrogen and oxygen atoms in total. The smallest absolute Gasteiger partial charge is 0.223 e. The van der Waals surface area contributed by atoms with Crippen LogP contribution in [0.15, 0.2) is 30.3 Å². The van der Waals surface area contributed by atoms with Gasteiger partial charge in [0.2, 0.25) is 11.0 Å². The number of nitrogens with one attached hydrogen (secondary N) is 1. The Morgan fingerprint density at radius 1 is 1.36 bits per heavy atom. The van der Waals surface area contributed by atoms with Crippen LogP contribution < -0.4 is 10.2 Å². The van der Waals surface area contributed by atoms with E-state index in [-0.39, 0.29) is 11.8 Å². The summed E-state index contributed by atoms with van der Waals surface area (Å²) in [6, 6.07) is 10.3. The fraction of sp³-hybridized carbons (Fsp3) is 0.571. The predicted molar refractivity (Wildman–Crippen MR) is 109 cm³/mol. The summed E-state index contributed by atoms with van der Waals surface area (Å²) in [5.74, 6) is 2.17. The molecule has 1 N–H and O–H groups in total. The summed E-state index contributed by atoms with van der Waals surface area (Å²) in [5.41, 5.74) is 0.855. The van der Waals surface area contributed by atoms with Crippen LogP contribution in [0.1, 0.15) is 49.4 Å². The maximum Gasteiger partial charge on any atom is 0.223 e. The zero-order chi connectivity index (χ0) is 19.1. The molecule has 2 aromatic rings. The van der Waals surface area contributed by atoms with Crippen molar-refractivity contribution in [1.82, 2.24) is 14.7 Å². The van der Waals surface area contributed by atoms with E-state index < -0.39 is 5.60 Å². The van der Waals surface area contributed by atoms with Gasteiger partial charge in [0.1, 0.15) is 11.4 Å². The Bertz CT molecular complexity index is 853. The van der Waals surface area contributed by atoms with Crippen molar-refractivity contribution >= 4 is 22.6 Å². The van der Waals surface area contributed by atoms with Crippen molar-refractivity contribution in [3.8, 4) is 0 Å². The molecule has 0 radical (unpaired) electrons. The Hall–Kier alpha value is -1.99. The molecule has 7 heteroatoms. The molecule has 1 aromatic carbocycles. The molecule has 0 spiro atoms. The Kier molecular flexibility index (Phi) is 4.59. The minimum atomic E-state index is -0.406. The minimum Gasteiger partial charge on any atom is -0.370 e. The Labute approximate surface area is 169 Å². The molecule has 3 atom stereocenters. The molecule has 28 heavy (non-hydrogen) atoms. The lowest BCUT2D eigenvalue weighted by Crippen LogP contribution is -2.55. The van der Waals surface area contributed by atoms with Gasteiger partial charge in [0.25, 0.3) is 0 Å². The molecule has 5 rings (SSSR count). The second kappa shape index (κ2) is 7.12. The van der Waals surface area contributed by atoms with Crippen molar-refractivity contribution in [1.29, 1.82) is 0 Å². The second-order valence-corrected chi connectivity index (χ2v) is 9.24. The van der Waals surface area contributed by atoms with E-state index in [4.69, 9.17) is 9.72 Å². The van der Waals surface area contributed by atoms with Gasteiger partial charge in [-0.15, -0.1) is 0 Å². The average molecular weight is 399 g/mol. The first-order valence-corrected chi connectivity index (χ1v) is 10.9. The van der Waals surface area contributed by atoms with Crippen LogP contribution in [0.3, 0.4) is 0 Å². The normalized spacial score (nSPS) is 29.5. The van der Waals surface area contributed by atoms with E-state index in [2.05, 4.69) is 33.6 Å². The summed E-state index contributed by atoms with van der Waals surface area (Å²) >= 11 is 1.48. The number of hydrogen-bond acceptors (Lipinski definition) is 6. The molecule has 1 aliphatic heterocycles. The number of amides is 1. The first-order chi connectivity index (χ1) is 13.6. The number of carbonyl (C=O) groups excluding carboxylic acids is 1. The monoisotopic (exact) mass is 398 g/mol. The maximum atomic E-state index is 12.6. The lowest BCUT2D eigenvalue weighted by Gasteiger charge is -2.40. The number of hydrogen-bond donors (Lipinski definition) is 1. The summed E-state index contributed by atoms with van der Waals surface area (Å²) in [4.78, 5) is 19.6. The number of aromatic nitrogens is 2. The highest BCUT2D eigenvalue weighted by Crippen LogP contribution is 2.47. The lowest BCUT2D eigenvalue weighted by atomic mass is 10.0. The average Bonchev–Trinajstić information content (AvgIpc) is 3.65. The summed E-state index contributed by atoms with van der Waals surface area (Å²) in [5, 5.41) is 4.12. The first-order valence-electron chi connectivity index (χ1n) is 10.2. The van der Waals surface area contributed by atoms with Crippen molar-refractivity contribution in [3.63, 3.8) is 0 Å². The van der Waals surface area contributed by atoms with Gasteiger partial charge in [-0.25, -0.2) is 4.98 Å². The fourth-order valence-corrected chi connectivity index (χ4v) is 4.79. The van der Waals surface area contributed by atoms with E-state index in [1.54, 1.807) is 0 Å². The van der Waals surface area contributed by atoms with Gasteiger partial charge in [-0.2, -0.15) is 4.37 Å². The quantitative estimate of drug-likeness (QED) is 0.810. The highest BCUT2D eigenvalue weighted by molar-refractivity contribution is 7.09. The lowest BCUT2D eigenvalue weighted by molar-refractivity contribution is -0.124. The number of carbonyl (C=O) groups is 1. The molecule has 2 saturated carbocycles. The Morgan fingerprint density at radius 2 is 2.18 bits per heavy atom. The van der Waals surface area contributed by atoms with Gasteiger partial charge in [-0.3, -0.25) is 4.79 Å². The van der Waals surface area contributed by atoms with Crippen LogP contribution >= 0.6 is 11.5 Å². The molecule has 3 fully saturated rings. The predicted octanol–water partition coefficient (Wildman–Crippen LogP) is 2.93. The standard InChI is InChI=1S/C21H26N4O2S/c1-21(12-22-19(26)17-11-16(17)14-5-3-2-4-6-14)13-25(9-10-27-21)20-23-18(24-28-20)15-7-8-15/h2-6,15-17H,7-13H2,1H3,(H,22,26)/t16-,17+,21?/m0/s1. The van der Waals surface area contributed by atoms with Gasteiger partial charge in [0.05, 0.1) is 13.2 Å². The highest BCUT2D eigenvalue weighted by Gasteiger charge is 2.44. The Balaban J connectivity index is 1.16. The first kappa shape index (κ1) is 18.1. The van der Waals surface area contributed by atoms with E-state index in [0.717, 1.165) is 30.5 Å². The topological polar surface area (TPSA) is 67.4 Å². The number of anilines is 1. The third-order valence-electron chi connectivity index (χ3n) is 5.97. The van der Waals surface area contributed by atoms with Gasteiger partial charge in [0.15, 0.2) is 0 Å².